The largest absolute Gasteiger partial charge is 0.271 e. The molecule has 86 valence electrons. The number of nitrogens with one attached hydrogen (secondary N) is 1. The van der Waals surface area contributed by atoms with Crippen molar-refractivity contribution in [1.29, 1.82) is 0 Å². The van der Waals surface area contributed by atoms with Gasteiger partial charge < -0.3 is 0 Å². The summed E-state index contributed by atoms with van der Waals surface area (Å²) < 4.78 is 0. The fraction of sp³-hybridized carbons (Fsp3) is 0.417. The summed E-state index contributed by atoms with van der Waals surface area (Å²) in [4.78, 5) is 3.99. The van der Waals surface area contributed by atoms with Gasteiger partial charge in [-0.3, -0.25) is 10.8 Å². The Kier molecular flexibility index (Phi) is 3.93. The summed E-state index contributed by atoms with van der Waals surface area (Å²) in [5.74, 6) is 5.63. The maximum absolute atomic E-state index is 6.13. The van der Waals surface area contributed by atoms with Gasteiger partial charge in [0.05, 0.1) is 11.1 Å². The second-order valence-electron chi connectivity index (χ2n) is 4.02. The van der Waals surface area contributed by atoms with Crippen LogP contribution in [0.5, 0.6) is 0 Å². The quantitative estimate of drug-likeness (QED) is 0.483. The van der Waals surface area contributed by atoms with Gasteiger partial charge in [0.25, 0.3) is 0 Å². The molecular weight excluding hydrogens is 222 g/mol. The molecule has 0 saturated heterocycles. The lowest BCUT2D eigenvalue weighted by molar-refractivity contribution is 0.565. The Hall–Kier alpha value is -0.900. The number of nitrogens with zero attached hydrogens (tertiary/aromatic N) is 1. The Labute approximate surface area is 101 Å². The molecule has 0 aromatic carbocycles. The van der Waals surface area contributed by atoms with Gasteiger partial charge in [0.15, 0.2) is 0 Å². The molecule has 1 aliphatic rings. The average Bonchev–Trinajstić information content (AvgIpc) is 2.34. The summed E-state index contributed by atoms with van der Waals surface area (Å²) in [6, 6.07) is 1.94. The van der Waals surface area contributed by atoms with Gasteiger partial charge >= 0.3 is 0 Å². The van der Waals surface area contributed by atoms with Gasteiger partial charge in [-0.2, -0.15) is 0 Å². The summed E-state index contributed by atoms with van der Waals surface area (Å²) >= 11 is 6.13. The van der Waals surface area contributed by atoms with E-state index in [1.54, 1.807) is 12.4 Å². The zero-order valence-electron chi connectivity index (χ0n) is 9.12. The molecule has 1 aromatic heterocycles. The molecule has 1 heterocycles. The fourth-order valence-electron chi connectivity index (χ4n) is 2.14. The molecule has 1 aliphatic carbocycles. The van der Waals surface area contributed by atoms with Crippen molar-refractivity contribution in [3.05, 3.63) is 40.7 Å². The molecular formula is C12H16ClN3. The topological polar surface area (TPSA) is 50.9 Å². The molecule has 1 atom stereocenters. The van der Waals surface area contributed by atoms with Crippen molar-refractivity contribution in [3.63, 3.8) is 0 Å². The zero-order chi connectivity index (χ0) is 11.4. The molecule has 4 heteroatoms. The molecule has 1 unspecified atom stereocenters. The molecule has 0 bridgehead atoms. The number of pyridine rings is 1. The minimum absolute atomic E-state index is 0.0239. The number of aromatic nitrogens is 1. The Morgan fingerprint density at radius 1 is 1.44 bits per heavy atom. The number of nitrogens with two attached hydrogens (primary N) is 1. The first-order valence-corrected chi connectivity index (χ1v) is 5.95. The number of halogens is 1. The molecule has 0 spiro atoms. The zero-order valence-corrected chi connectivity index (χ0v) is 9.87. The fourth-order valence-corrected chi connectivity index (χ4v) is 2.37. The van der Waals surface area contributed by atoms with E-state index >= 15 is 0 Å². The predicted octanol–water partition coefficient (Wildman–Crippen LogP) is 2.74. The highest BCUT2D eigenvalue weighted by atomic mass is 35.5. The van der Waals surface area contributed by atoms with E-state index in [1.165, 1.54) is 18.4 Å². The number of hydrazine groups is 1. The highest BCUT2D eigenvalue weighted by Gasteiger charge is 2.18. The lowest BCUT2D eigenvalue weighted by Crippen LogP contribution is -2.30. The van der Waals surface area contributed by atoms with Crippen LogP contribution in [0.1, 0.15) is 37.3 Å². The Morgan fingerprint density at radius 2 is 2.31 bits per heavy atom. The third-order valence-corrected chi connectivity index (χ3v) is 3.29. The molecule has 0 amide bonds. The van der Waals surface area contributed by atoms with Gasteiger partial charge in [-0.15, -0.1) is 0 Å². The van der Waals surface area contributed by atoms with Crippen molar-refractivity contribution in [2.24, 2.45) is 5.84 Å². The first-order chi connectivity index (χ1) is 7.83. The van der Waals surface area contributed by atoms with E-state index in [0.29, 0.717) is 5.02 Å². The Balaban J connectivity index is 2.28. The van der Waals surface area contributed by atoms with Crippen LogP contribution in [0.15, 0.2) is 30.1 Å². The summed E-state index contributed by atoms with van der Waals surface area (Å²) in [6.45, 7) is 0. The maximum Gasteiger partial charge on any atom is 0.0685 e. The van der Waals surface area contributed by atoms with Crippen molar-refractivity contribution in [2.45, 2.75) is 31.7 Å². The SMILES string of the molecule is NNC(C1=CCCCC1)c1ccncc1Cl. The van der Waals surface area contributed by atoms with Crippen LogP contribution in [0.2, 0.25) is 5.02 Å². The van der Waals surface area contributed by atoms with Crippen LogP contribution >= 0.6 is 11.6 Å². The monoisotopic (exact) mass is 237 g/mol. The van der Waals surface area contributed by atoms with E-state index in [2.05, 4.69) is 16.5 Å². The summed E-state index contributed by atoms with van der Waals surface area (Å²) in [5.41, 5.74) is 5.19. The van der Waals surface area contributed by atoms with Crippen LogP contribution in [-0.4, -0.2) is 4.98 Å². The highest BCUT2D eigenvalue weighted by molar-refractivity contribution is 6.31. The van der Waals surface area contributed by atoms with Crippen LogP contribution in [0.3, 0.4) is 0 Å². The van der Waals surface area contributed by atoms with Gasteiger partial charge in [-0.1, -0.05) is 23.3 Å². The minimum atomic E-state index is 0.0239. The molecule has 3 N–H and O–H groups in total. The Bertz CT molecular complexity index is 390. The van der Waals surface area contributed by atoms with Gasteiger partial charge in [-0.05, 0) is 37.3 Å². The van der Waals surface area contributed by atoms with Gasteiger partial charge in [-0.25, -0.2) is 5.43 Å². The summed E-state index contributed by atoms with van der Waals surface area (Å²) in [6.07, 6.45) is 10.4. The molecule has 1 aromatic rings. The number of hydrogen-bond acceptors (Lipinski definition) is 3. The van der Waals surface area contributed by atoms with E-state index in [0.717, 1.165) is 18.4 Å². The van der Waals surface area contributed by atoms with Gasteiger partial charge in [0.2, 0.25) is 0 Å². The van der Waals surface area contributed by atoms with E-state index in [4.69, 9.17) is 17.4 Å². The lowest BCUT2D eigenvalue weighted by Gasteiger charge is -2.23. The highest BCUT2D eigenvalue weighted by Crippen LogP contribution is 2.32. The predicted molar refractivity (Wildman–Crippen MR) is 65.9 cm³/mol. The summed E-state index contributed by atoms with van der Waals surface area (Å²) in [7, 11) is 0. The lowest BCUT2D eigenvalue weighted by atomic mass is 9.90. The molecule has 0 aliphatic heterocycles. The summed E-state index contributed by atoms with van der Waals surface area (Å²) in [5, 5.41) is 0.664. The average molecular weight is 238 g/mol. The van der Waals surface area contributed by atoms with Crippen molar-refractivity contribution in [1.82, 2.24) is 10.4 Å². The van der Waals surface area contributed by atoms with Crippen LogP contribution < -0.4 is 11.3 Å². The first kappa shape index (κ1) is 11.6. The Morgan fingerprint density at radius 3 is 2.94 bits per heavy atom. The molecule has 0 fully saturated rings. The molecule has 0 saturated carbocycles. The van der Waals surface area contributed by atoms with E-state index in [-0.39, 0.29) is 6.04 Å². The van der Waals surface area contributed by atoms with Crippen molar-refractivity contribution >= 4 is 11.6 Å². The first-order valence-electron chi connectivity index (χ1n) is 5.57. The van der Waals surface area contributed by atoms with Crippen LogP contribution in [-0.2, 0) is 0 Å². The normalized spacial score (nSPS) is 18.0. The molecule has 0 radical (unpaired) electrons. The maximum atomic E-state index is 6.13. The van der Waals surface area contributed by atoms with E-state index in [9.17, 15) is 0 Å². The number of hydrogen-bond donors (Lipinski definition) is 2. The van der Waals surface area contributed by atoms with Crippen molar-refractivity contribution < 1.29 is 0 Å². The van der Waals surface area contributed by atoms with E-state index < -0.39 is 0 Å². The van der Waals surface area contributed by atoms with Gasteiger partial charge in [0.1, 0.15) is 0 Å². The third kappa shape index (κ3) is 2.43. The number of allylic oxidation sites excluding steroid dienone is 1. The third-order valence-electron chi connectivity index (χ3n) is 2.98. The molecule has 16 heavy (non-hydrogen) atoms. The molecule has 2 rings (SSSR count). The molecule has 3 nitrogen and oxygen atoms in total. The van der Waals surface area contributed by atoms with Crippen LogP contribution in [0.25, 0.3) is 0 Å². The van der Waals surface area contributed by atoms with Crippen molar-refractivity contribution in [2.75, 3.05) is 0 Å². The van der Waals surface area contributed by atoms with Gasteiger partial charge in [0, 0.05) is 12.4 Å². The number of rotatable bonds is 3. The van der Waals surface area contributed by atoms with Crippen LogP contribution in [0, 0.1) is 0 Å². The van der Waals surface area contributed by atoms with Crippen LogP contribution in [0.4, 0.5) is 0 Å². The second-order valence-corrected chi connectivity index (χ2v) is 4.43. The standard InChI is InChI=1S/C12H16ClN3/c13-11-8-15-7-6-10(11)12(16-14)9-4-2-1-3-5-9/h4,6-8,12,16H,1-3,5,14H2. The van der Waals surface area contributed by atoms with E-state index in [1.807, 2.05) is 6.07 Å². The second kappa shape index (κ2) is 5.43. The minimum Gasteiger partial charge on any atom is -0.271 e. The van der Waals surface area contributed by atoms with Crippen molar-refractivity contribution in [3.8, 4) is 0 Å². The smallest absolute Gasteiger partial charge is 0.0685 e.